The fourth-order valence-electron chi connectivity index (χ4n) is 2.03. The number of hydrogen-bond donors (Lipinski definition) is 1. The average Bonchev–Trinajstić information content (AvgIpc) is 2.50. The highest BCUT2D eigenvalue weighted by atomic mass is 19.2. The summed E-state index contributed by atoms with van der Waals surface area (Å²) in [5.74, 6) is -7.08. The van der Waals surface area contributed by atoms with E-state index >= 15 is 0 Å². The molecule has 0 fully saturated rings. The van der Waals surface area contributed by atoms with Crippen LogP contribution >= 0.6 is 0 Å². The van der Waals surface area contributed by atoms with Crippen LogP contribution in [0.2, 0.25) is 0 Å². The van der Waals surface area contributed by atoms with Crippen LogP contribution in [0.1, 0.15) is 24.2 Å². The quantitative estimate of drug-likeness (QED) is 0.636. The van der Waals surface area contributed by atoms with E-state index in [1.54, 1.807) is 0 Å². The molecule has 1 rings (SSSR count). The second-order valence-electron chi connectivity index (χ2n) is 5.21. The molecule has 1 N–H and O–H groups in total. The van der Waals surface area contributed by atoms with E-state index in [-0.39, 0.29) is 13.1 Å². The Labute approximate surface area is 131 Å². The molecule has 1 aromatic rings. The molecule has 0 saturated carbocycles. The van der Waals surface area contributed by atoms with Crippen molar-refractivity contribution in [3.63, 3.8) is 0 Å². The number of rotatable bonds is 6. The summed E-state index contributed by atoms with van der Waals surface area (Å²) in [5, 5.41) is 9.46. The molecule has 1 aromatic carbocycles. The highest BCUT2D eigenvalue weighted by Crippen LogP contribution is 2.18. The number of carbonyl (C=O) groups is 2. The molecule has 0 bridgehead atoms. The highest BCUT2D eigenvalue weighted by molar-refractivity contribution is 5.94. The van der Waals surface area contributed by atoms with Crippen molar-refractivity contribution in [3.05, 3.63) is 35.1 Å². The Morgan fingerprint density at radius 1 is 1.17 bits per heavy atom. The summed E-state index contributed by atoms with van der Waals surface area (Å²) in [4.78, 5) is 24.8. The molecule has 128 valence electrons. The minimum absolute atomic E-state index is 0.172. The Balaban J connectivity index is 3.09. The number of halogens is 3. The summed E-state index contributed by atoms with van der Waals surface area (Å²) >= 11 is 0. The van der Waals surface area contributed by atoms with E-state index in [9.17, 15) is 27.9 Å². The first-order valence-corrected chi connectivity index (χ1v) is 6.87. The molecular formula is C15H18F3NO4. The Hall–Kier alpha value is -2.09. The van der Waals surface area contributed by atoms with E-state index in [0.29, 0.717) is 6.07 Å². The zero-order valence-corrected chi connectivity index (χ0v) is 13.0. The van der Waals surface area contributed by atoms with Gasteiger partial charge < -0.3 is 14.7 Å². The lowest BCUT2D eigenvalue weighted by atomic mass is 10.1. The fraction of sp³-hybridized carbons (Fsp3) is 0.467. The number of nitrogens with zero attached hydrogens (tertiary/aromatic N) is 1. The number of ether oxygens (including phenoxy) is 1. The van der Waals surface area contributed by atoms with Gasteiger partial charge in [-0.05, 0) is 19.1 Å². The minimum atomic E-state index is -1.76. The van der Waals surface area contributed by atoms with Gasteiger partial charge in [0, 0.05) is 13.1 Å². The van der Waals surface area contributed by atoms with E-state index in [1.807, 2.05) is 0 Å². The summed E-state index contributed by atoms with van der Waals surface area (Å²) in [6.45, 7) is 2.49. The maximum atomic E-state index is 13.8. The average molecular weight is 333 g/mol. The van der Waals surface area contributed by atoms with Gasteiger partial charge in [-0.25, -0.2) is 13.2 Å². The molecular weight excluding hydrogens is 315 g/mol. The Morgan fingerprint density at radius 2 is 1.78 bits per heavy atom. The fourth-order valence-corrected chi connectivity index (χ4v) is 2.03. The zero-order chi connectivity index (χ0) is 17.7. The van der Waals surface area contributed by atoms with E-state index < -0.39 is 46.9 Å². The molecule has 1 amide bonds. The number of esters is 1. The van der Waals surface area contributed by atoms with Crippen LogP contribution in [0.4, 0.5) is 13.2 Å². The number of carbonyl (C=O) groups excluding carboxylic acids is 2. The molecule has 0 heterocycles. The summed E-state index contributed by atoms with van der Waals surface area (Å²) in [6.07, 6.45) is -0.961. The molecule has 0 aliphatic heterocycles. The van der Waals surface area contributed by atoms with Crippen LogP contribution in [0.15, 0.2) is 12.1 Å². The first-order valence-electron chi connectivity index (χ1n) is 6.87. The van der Waals surface area contributed by atoms with Gasteiger partial charge in [-0.1, -0.05) is 6.92 Å². The molecule has 0 spiro atoms. The van der Waals surface area contributed by atoms with Gasteiger partial charge in [-0.15, -0.1) is 0 Å². The van der Waals surface area contributed by atoms with E-state index in [0.717, 1.165) is 11.0 Å². The van der Waals surface area contributed by atoms with Crippen molar-refractivity contribution < 1.29 is 32.6 Å². The first kappa shape index (κ1) is 19.0. The molecule has 2 atom stereocenters. The Morgan fingerprint density at radius 3 is 2.30 bits per heavy atom. The van der Waals surface area contributed by atoms with Crippen LogP contribution in [0.3, 0.4) is 0 Å². The smallest absolute Gasteiger partial charge is 0.310 e. The van der Waals surface area contributed by atoms with Gasteiger partial charge in [0.2, 0.25) is 0 Å². The summed E-state index contributed by atoms with van der Waals surface area (Å²) < 4.78 is 44.5. The predicted molar refractivity (Wildman–Crippen MR) is 75.1 cm³/mol. The van der Waals surface area contributed by atoms with E-state index in [2.05, 4.69) is 4.74 Å². The predicted octanol–water partition coefficient (Wildman–Crippen LogP) is 1.74. The standard InChI is InChI=1S/C15H18F3NO4/c1-8(15(22)23-3)6-19(7-9(2)20)14(21)10-4-5-11(16)13(18)12(10)17/h4-5,8-9,20H,6-7H2,1-3H3. The third-order valence-electron chi connectivity index (χ3n) is 3.14. The lowest BCUT2D eigenvalue weighted by Gasteiger charge is -2.26. The molecule has 5 nitrogen and oxygen atoms in total. The van der Waals surface area contributed by atoms with Gasteiger partial charge in [0.15, 0.2) is 17.5 Å². The third-order valence-corrected chi connectivity index (χ3v) is 3.14. The minimum Gasteiger partial charge on any atom is -0.469 e. The number of hydrogen-bond acceptors (Lipinski definition) is 4. The number of amides is 1. The van der Waals surface area contributed by atoms with Crippen molar-refractivity contribution in [2.45, 2.75) is 20.0 Å². The Bertz CT molecular complexity index is 592. The normalized spacial score (nSPS) is 13.3. The first-order chi connectivity index (χ1) is 10.7. The molecule has 0 aromatic heterocycles. The van der Waals surface area contributed by atoms with Crippen molar-refractivity contribution >= 4 is 11.9 Å². The molecule has 0 aliphatic carbocycles. The second-order valence-corrected chi connectivity index (χ2v) is 5.21. The van der Waals surface area contributed by atoms with E-state index in [1.165, 1.54) is 21.0 Å². The topological polar surface area (TPSA) is 66.8 Å². The zero-order valence-electron chi connectivity index (χ0n) is 13.0. The largest absolute Gasteiger partial charge is 0.469 e. The van der Waals surface area contributed by atoms with Gasteiger partial charge in [-0.2, -0.15) is 0 Å². The van der Waals surface area contributed by atoms with Crippen LogP contribution < -0.4 is 0 Å². The van der Waals surface area contributed by atoms with Crippen molar-refractivity contribution in [3.8, 4) is 0 Å². The highest BCUT2D eigenvalue weighted by Gasteiger charge is 2.27. The van der Waals surface area contributed by atoms with Crippen molar-refractivity contribution in [2.75, 3.05) is 20.2 Å². The van der Waals surface area contributed by atoms with Gasteiger partial charge in [0.1, 0.15) is 0 Å². The van der Waals surface area contributed by atoms with Crippen LogP contribution in [0, 0.1) is 23.4 Å². The van der Waals surface area contributed by atoms with Crippen LogP contribution in [0.25, 0.3) is 0 Å². The number of benzene rings is 1. The summed E-state index contributed by atoms with van der Waals surface area (Å²) in [6, 6.07) is 1.45. The third kappa shape index (κ3) is 4.69. The van der Waals surface area contributed by atoms with Gasteiger partial charge in [0.05, 0.1) is 24.7 Å². The maximum absolute atomic E-state index is 13.8. The van der Waals surface area contributed by atoms with Crippen molar-refractivity contribution in [1.29, 1.82) is 0 Å². The maximum Gasteiger partial charge on any atom is 0.310 e. The second kappa shape index (κ2) is 7.96. The SMILES string of the molecule is COC(=O)C(C)CN(CC(C)O)C(=O)c1ccc(F)c(F)c1F. The number of aliphatic hydroxyl groups excluding tert-OH is 1. The summed E-state index contributed by atoms with van der Waals surface area (Å²) in [5.41, 5.74) is -0.679. The van der Waals surface area contributed by atoms with Crippen LogP contribution in [-0.4, -0.2) is 48.2 Å². The molecule has 8 heteroatoms. The molecule has 0 aliphatic rings. The number of methoxy groups -OCH3 is 1. The van der Waals surface area contributed by atoms with Crippen molar-refractivity contribution in [2.24, 2.45) is 5.92 Å². The molecule has 0 saturated heterocycles. The summed E-state index contributed by atoms with van der Waals surface area (Å²) in [7, 11) is 1.18. The van der Waals surface area contributed by atoms with Crippen LogP contribution in [0.5, 0.6) is 0 Å². The molecule has 2 unspecified atom stereocenters. The Kier molecular flexibility index (Phi) is 6.56. The molecule has 23 heavy (non-hydrogen) atoms. The number of aliphatic hydroxyl groups is 1. The lowest BCUT2D eigenvalue weighted by molar-refractivity contribution is -0.145. The van der Waals surface area contributed by atoms with Gasteiger partial charge in [0.25, 0.3) is 5.91 Å². The van der Waals surface area contributed by atoms with Crippen LogP contribution in [-0.2, 0) is 9.53 Å². The van der Waals surface area contributed by atoms with Gasteiger partial charge >= 0.3 is 5.97 Å². The van der Waals surface area contributed by atoms with Crippen molar-refractivity contribution in [1.82, 2.24) is 4.90 Å². The molecule has 0 radical (unpaired) electrons. The van der Waals surface area contributed by atoms with Gasteiger partial charge in [-0.3, -0.25) is 9.59 Å². The lowest BCUT2D eigenvalue weighted by Crippen LogP contribution is -2.41. The monoisotopic (exact) mass is 333 g/mol. The van der Waals surface area contributed by atoms with E-state index in [4.69, 9.17) is 0 Å².